The van der Waals surface area contributed by atoms with Crippen LogP contribution in [0.4, 0.5) is 4.79 Å². The number of nitrogens with one attached hydrogen (secondary N) is 1. The van der Waals surface area contributed by atoms with E-state index in [0.29, 0.717) is 29.6 Å². The van der Waals surface area contributed by atoms with Crippen LogP contribution >= 0.6 is 0 Å². The Hall–Kier alpha value is -3.26. The average molecular weight is 479 g/mol. The van der Waals surface area contributed by atoms with Crippen molar-refractivity contribution in [3.05, 3.63) is 53.6 Å². The lowest BCUT2D eigenvalue weighted by atomic mass is 9.91. The molecule has 8 heteroatoms. The highest BCUT2D eigenvalue weighted by molar-refractivity contribution is 6.23. The first kappa shape index (κ1) is 24.9. The Balaban J connectivity index is 1.32. The molecule has 2 atom stereocenters. The van der Waals surface area contributed by atoms with Crippen LogP contribution in [0.5, 0.6) is 5.75 Å². The largest absolute Gasteiger partial charge is 0.497 e. The van der Waals surface area contributed by atoms with Gasteiger partial charge in [0.1, 0.15) is 5.75 Å². The lowest BCUT2D eigenvalue weighted by Gasteiger charge is -2.35. The number of methoxy groups -OCH3 is 1. The summed E-state index contributed by atoms with van der Waals surface area (Å²) >= 11 is 0. The molecule has 4 amide bonds. The number of hydrogen-bond acceptors (Lipinski definition) is 5. The van der Waals surface area contributed by atoms with Gasteiger partial charge in [-0.25, -0.2) is 4.79 Å². The number of nitrogens with zero attached hydrogens (tertiary/aromatic N) is 3. The normalized spacial score (nSPS) is 22.4. The fraction of sp³-hybridized carbons (Fsp3) is 0.481. The highest BCUT2D eigenvalue weighted by atomic mass is 16.5. The van der Waals surface area contributed by atoms with E-state index in [1.165, 1.54) is 25.7 Å². The molecule has 1 aliphatic carbocycles. The molecule has 1 aromatic carbocycles. The number of ether oxygens (including phenoxy) is 1. The number of rotatable bonds is 9. The summed E-state index contributed by atoms with van der Waals surface area (Å²) in [6.45, 7) is 5.08. The van der Waals surface area contributed by atoms with Crippen molar-refractivity contribution in [2.45, 2.75) is 51.6 Å². The molecule has 2 aliphatic heterocycles. The Morgan fingerprint density at radius 2 is 2.00 bits per heavy atom. The summed E-state index contributed by atoms with van der Waals surface area (Å²) in [5.74, 6) is -0.510. The standard InChI is InChI=1S/C27H34N4O4/c1-3-21-7-4-5-15-30(21)16-6-14-28-25(32)20-10-13-23-24(17-20)29-27(34)31(26(23)33)18-19-8-11-22(35-2)12-9-19/h8-13,17,21,23H,3-7,14-16,18H2,1-2H3,(H,28,32). The first-order chi connectivity index (χ1) is 17.0. The zero-order valence-corrected chi connectivity index (χ0v) is 20.5. The van der Waals surface area contributed by atoms with Crippen molar-refractivity contribution in [1.82, 2.24) is 15.1 Å². The van der Waals surface area contributed by atoms with Crippen LogP contribution in [0.15, 0.2) is 53.1 Å². The van der Waals surface area contributed by atoms with Crippen LogP contribution in [0.2, 0.25) is 0 Å². The van der Waals surface area contributed by atoms with Crippen molar-refractivity contribution in [1.29, 1.82) is 0 Å². The maximum absolute atomic E-state index is 13.0. The van der Waals surface area contributed by atoms with Crippen LogP contribution in [-0.2, 0) is 16.1 Å². The predicted octanol–water partition coefficient (Wildman–Crippen LogP) is 3.48. The van der Waals surface area contributed by atoms with Crippen molar-refractivity contribution in [2.24, 2.45) is 10.9 Å². The van der Waals surface area contributed by atoms with Crippen LogP contribution in [0.1, 0.15) is 44.6 Å². The van der Waals surface area contributed by atoms with Gasteiger partial charge in [0.25, 0.3) is 5.91 Å². The Bertz CT molecular complexity index is 1040. The lowest BCUT2D eigenvalue weighted by Crippen LogP contribution is -2.46. The number of imide groups is 1. The highest BCUT2D eigenvalue weighted by Crippen LogP contribution is 2.24. The number of aliphatic imine (C=N–C) groups is 1. The van der Waals surface area contributed by atoms with Crippen LogP contribution < -0.4 is 10.1 Å². The number of urea groups is 1. The number of piperidine rings is 1. The summed E-state index contributed by atoms with van der Waals surface area (Å²) in [7, 11) is 1.58. The van der Waals surface area contributed by atoms with E-state index in [9.17, 15) is 14.4 Å². The van der Waals surface area contributed by atoms with Crippen molar-refractivity contribution in [3.63, 3.8) is 0 Å². The zero-order valence-electron chi connectivity index (χ0n) is 20.5. The molecule has 0 spiro atoms. The molecule has 1 N–H and O–H groups in total. The van der Waals surface area contributed by atoms with E-state index in [2.05, 4.69) is 22.1 Å². The number of benzene rings is 1. The minimum Gasteiger partial charge on any atom is -0.497 e. The summed E-state index contributed by atoms with van der Waals surface area (Å²) in [5, 5.41) is 2.96. The molecule has 0 aromatic heterocycles. The summed E-state index contributed by atoms with van der Waals surface area (Å²) in [6, 6.07) is 7.23. The predicted molar refractivity (Wildman–Crippen MR) is 134 cm³/mol. The summed E-state index contributed by atoms with van der Waals surface area (Å²) in [4.78, 5) is 46.1. The number of carbonyl (C=O) groups is 3. The summed E-state index contributed by atoms with van der Waals surface area (Å²) < 4.78 is 5.15. The molecule has 0 bridgehead atoms. The third-order valence-corrected chi connectivity index (χ3v) is 6.97. The van der Waals surface area contributed by atoms with Gasteiger partial charge in [-0.3, -0.25) is 14.5 Å². The molecule has 1 saturated heterocycles. The second kappa shape index (κ2) is 11.4. The quantitative estimate of drug-likeness (QED) is 0.549. The van der Waals surface area contributed by atoms with E-state index in [1.54, 1.807) is 37.5 Å². The fourth-order valence-electron chi connectivity index (χ4n) is 4.94. The molecule has 1 fully saturated rings. The van der Waals surface area contributed by atoms with Gasteiger partial charge < -0.3 is 15.0 Å². The number of amides is 4. The van der Waals surface area contributed by atoms with E-state index in [1.807, 2.05) is 12.1 Å². The van der Waals surface area contributed by atoms with Crippen molar-refractivity contribution >= 4 is 23.6 Å². The van der Waals surface area contributed by atoms with Crippen LogP contribution in [0.25, 0.3) is 0 Å². The van der Waals surface area contributed by atoms with Gasteiger partial charge in [0.05, 0.1) is 25.3 Å². The summed E-state index contributed by atoms with van der Waals surface area (Å²) in [6.07, 6.45) is 10.7. The lowest BCUT2D eigenvalue weighted by molar-refractivity contribution is -0.130. The molecular weight excluding hydrogens is 444 g/mol. The van der Waals surface area contributed by atoms with Crippen LogP contribution in [-0.4, -0.2) is 66.1 Å². The van der Waals surface area contributed by atoms with Crippen LogP contribution in [0, 0.1) is 5.92 Å². The maximum Gasteiger partial charge on any atom is 0.350 e. The van der Waals surface area contributed by atoms with Crippen molar-refractivity contribution in [3.8, 4) is 5.75 Å². The number of fused-ring (bicyclic) bond motifs is 1. The molecule has 0 saturated carbocycles. The third kappa shape index (κ3) is 5.88. The second-order valence-corrected chi connectivity index (χ2v) is 9.23. The monoisotopic (exact) mass is 478 g/mol. The minimum absolute atomic E-state index is 0.135. The molecule has 2 heterocycles. The smallest absolute Gasteiger partial charge is 0.350 e. The van der Waals surface area contributed by atoms with Gasteiger partial charge in [-0.1, -0.05) is 37.6 Å². The van der Waals surface area contributed by atoms with E-state index >= 15 is 0 Å². The van der Waals surface area contributed by atoms with Gasteiger partial charge in [-0.15, -0.1) is 0 Å². The third-order valence-electron chi connectivity index (χ3n) is 6.97. The first-order valence-corrected chi connectivity index (χ1v) is 12.5. The Morgan fingerprint density at radius 3 is 2.74 bits per heavy atom. The molecule has 3 aliphatic rings. The van der Waals surface area contributed by atoms with Gasteiger partial charge in [0.15, 0.2) is 0 Å². The number of carbonyl (C=O) groups excluding carboxylic acids is 3. The van der Waals surface area contributed by atoms with Crippen LogP contribution in [0.3, 0.4) is 0 Å². The molecule has 0 radical (unpaired) electrons. The Labute approximate surface area is 206 Å². The summed E-state index contributed by atoms with van der Waals surface area (Å²) in [5.41, 5.74) is 1.53. The average Bonchev–Trinajstić information content (AvgIpc) is 2.89. The minimum atomic E-state index is -0.660. The van der Waals surface area contributed by atoms with E-state index in [4.69, 9.17) is 4.74 Å². The zero-order chi connectivity index (χ0) is 24.8. The van der Waals surface area contributed by atoms with Crippen molar-refractivity contribution < 1.29 is 19.1 Å². The SMILES string of the molecule is CCC1CCCCN1CCCNC(=O)C1=CC2=NC(=O)N(Cc3ccc(OC)cc3)C(=O)C2C=C1. The molecule has 35 heavy (non-hydrogen) atoms. The van der Waals surface area contributed by atoms with Gasteiger partial charge in [0.2, 0.25) is 5.91 Å². The molecule has 1 aromatic rings. The molecule has 2 unspecified atom stereocenters. The van der Waals surface area contributed by atoms with E-state index < -0.39 is 11.9 Å². The maximum atomic E-state index is 13.0. The molecular formula is C27H34N4O4. The topological polar surface area (TPSA) is 91.3 Å². The number of hydrogen-bond donors (Lipinski definition) is 1. The van der Waals surface area contributed by atoms with Gasteiger partial charge in [0, 0.05) is 24.7 Å². The van der Waals surface area contributed by atoms with Gasteiger partial charge in [-0.05, 0) is 56.0 Å². The van der Waals surface area contributed by atoms with Gasteiger partial charge in [-0.2, -0.15) is 4.99 Å². The molecule has 186 valence electrons. The number of likely N-dealkylation sites (tertiary alicyclic amines) is 1. The molecule has 8 nitrogen and oxygen atoms in total. The van der Waals surface area contributed by atoms with E-state index in [-0.39, 0.29) is 18.4 Å². The van der Waals surface area contributed by atoms with Gasteiger partial charge >= 0.3 is 6.03 Å². The van der Waals surface area contributed by atoms with E-state index in [0.717, 1.165) is 30.0 Å². The Morgan fingerprint density at radius 1 is 1.20 bits per heavy atom. The highest BCUT2D eigenvalue weighted by Gasteiger charge is 2.37. The Kier molecular flexibility index (Phi) is 8.13. The fourth-order valence-corrected chi connectivity index (χ4v) is 4.94. The second-order valence-electron chi connectivity index (χ2n) is 9.23. The first-order valence-electron chi connectivity index (χ1n) is 12.5. The molecule has 4 rings (SSSR count). The number of allylic oxidation sites excluding steroid dienone is 1. The van der Waals surface area contributed by atoms with Crippen molar-refractivity contribution in [2.75, 3.05) is 26.7 Å².